The Balaban J connectivity index is 1.92. The molecule has 0 aromatic carbocycles. The Morgan fingerprint density at radius 2 is 2.33 bits per heavy atom. The van der Waals surface area contributed by atoms with Crippen molar-refractivity contribution in [2.45, 2.75) is 30.9 Å². The molecule has 2 rings (SSSR count). The lowest BCUT2D eigenvalue weighted by Gasteiger charge is -2.40. The molecule has 3 nitrogen and oxygen atoms in total. The topological polar surface area (TPSA) is 37.8 Å². The summed E-state index contributed by atoms with van der Waals surface area (Å²) in [6.07, 6.45) is 7.98. The molecule has 1 saturated carbocycles. The highest BCUT2D eigenvalue weighted by Crippen LogP contribution is 2.42. The van der Waals surface area contributed by atoms with Gasteiger partial charge in [-0.2, -0.15) is 16.9 Å². The number of aryl methyl sites for hydroxylation is 1. The van der Waals surface area contributed by atoms with Crippen molar-refractivity contribution in [1.29, 1.82) is 0 Å². The summed E-state index contributed by atoms with van der Waals surface area (Å²) in [7, 11) is 0. The highest BCUT2D eigenvalue weighted by Gasteiger charge is 2.35. The van der Waals surface area contributed by atoms with Gasteiger partial charge >= 0.3 is 0 Å². The minimum Gasteiger partial charge on any atom is -0.367 e. The second-order valence-corrected chi connectivity index (χ2v) is 5.49. The van der Waals surface area contributed by atoms with Crippen LogP contribution in [0.2, 0.25) is 0 Å². The smallest absolute Gasteiger partial charge is 0.148 e. The summed E-state index contributed by atoms with van der Waals surface area (Å²) in [5.41, 5.74) is 1.15. The lowest BCUT2D eigenvalue weighted by atomic mass is 9.84. The van der Waals surface area contributed by atoms with Crippen LogP contribution in [0.3, 0.4) is 0 Å². The van der Waals surface area contributed by atoms with Gasteiger partial charge in [0.25, 0.3) is 0 Å². The molecule has 0 bridgehead atoms. The van der Waals surface area contributed by atoms with E-state index in [1.807, 2.05) is 24.8 Å². The largest absolute Gasteiger partial charge is 0.367 e. The summed E-state index contributed by atoms with van der Waals surface area (Å²) >= 11 is 1.97. The average molecular weight is 223 g/mol. The molecule has 0 radical (unpaired) electrons. The number of rotatable bonds is 4. The summed E-state index contributed by atoms with van der Waals surface area (Å²) in [4.78, 5) is 0. The van der Waals surface area contributed by atoms with Crippen LogP contribution in [0.25, 0.3) is 0 Å². The van der Waals surface area contributed by atoms with Crippen LogP contribution in [-0.2, 0) is 0 Å². The number of hydrogen-bond donors (Lipinski definition) is 1. The first kappa shape index (κ1) is 10.7. The fraction of sp³-hybridized carbons (Fsp3) is 0.636. The zero-order valence-electron chi connectivity index (χ0n) is 9.29. The molecule has 0 aliphatic heterocycles. The van der Waals surface area contributed by atoms with Gasteiger partial charge < -0.3 is 5.32 Å². The van der Waals surface area contributed by atoms with E-state index in [4.69, 9.17) is 0 Å². The zero-order valence-corrected chi connectivity index (χ0v) is 10.1. The minimum absolute atomic E-state index is 0.450. The lowest BCUT2D eigenvalue weighted by Crippen LogP contribution is -2.40. The van der Waals surface area contributed by atoms with E-state index in [-0.39, 0.29) is 0 Å². The Hall–Kier alpha value is -0.770. The molecule has 0 spiro atoms. The third-order valence-electron chi connectivity index (χ3n) is 3.08. The van der Waals surface area contributed by atoms with Crippen LogP contribution in [0, 0.1) is 6.92 Å². The quantitative estimate of drug-likeness (QED) is 0.851. The third-order valence-corrected chi connectivity index (χ3v) is 4.50. The Labute approximate surface area is 95.1 Å². The standard InChI is InChI=1S/C11H17N3S/c1-9-6-10(14-13-7-9)12-8-11(15-2)4-3-5-11/h6-7H,3-5,8H2,1-2H3,(H,12,14). The fourth-order valence-electron chi connectivity index (χ4n) is 1.83. The molecule has 1 fully saturated rings. The molecular weight excluding hydrogens is 206 g/mol. The summed E-state index contributed by atoms with van der Waals surface area (Å²) in [6.45, 7) is 3.04. The van der Waals surface area contributed by atoms with E-state index in [2.05, 4.69) is 21.8 Å². The summed E-state index contributed by atoms with van der Waals surface area (Å²) in [5, 5.41) is 11.4. The molecule has 4 heteroatoms. The van der Waals surface area contributed by atoms with Crippen molar-refractivity contribution in [1.82, 2.24) is 10.2 Å². The molecule has 1 aromatic heterocycles. The SMILES string of the molecule is CSC1(CNc2cc(C)cnn2)CCC1. The van der Waals surface area contributed by atoms with E-state index in [1.54, 1.807) is 6.20 Å². The maximum atomic E-state index is 4.06. The lowest BCUT2D eigenvalue weighted by molar-refractivity contribution is 0.379. The van der Waals surface area contributed by atoms with Crippen LogP contribution >= 0.6 is 11.8 Å². The predicted molar refractivity (Wildman–Crippen MR) is 65.4 cm³/mol. The molecule has 0 saturated heterocycles. The van der Waals surface area contributed by atoms with Crippen molar-refractivity contribution in [3.63, 3.8) is 0 Å². The van der Waals surface area contributed by atoms with Crippen molar-refractivity contribution < 1.29 is 0 Å². The van der Waals surface area contributed by atoms with Gasteiger partial charge in [-0.1, -0.05) is 6.42 Å². The van der Waals surface area contributed by atoms with Gasteiger partial charge in [-0.25, -0.2) is 0 Å². The summed E-state index contributed by atoms with van der Waals surface area (Å²) in [5.74, 6) is 0.898. The first-order valence-corrected chi connectivity index (χ1v) is 6.55. The van der Waals surface area contributed by atoms with Crippen molar-refractivity contribution in [2.75, 3.05) is 18.1 Å². The van der Waals surface area contributed by atoms with Crippen LogP contribution in [0.4, 0.5) is 5.82 Å². The van der Waals surface area contributed by atoms with E-state index in [1.165, 1.54) is 19.3 Å². The normalized spacial score (nSPS) is 18.3. The molecular formula is C11H17N3S. The number of nitrogens with one attached hydrogen (secondary N) is 1. The fourth-order valence-corrected chi connectivity index (χ4v) is 2.74. The molecule has 1 N–H and O–H groups in total. The second kappa shape index (κ2) is 4.39. The monoisotopic (exact) mass is 223 g/mol. The van der Waals surface area contributed by atoms with E-state index in [0.29, 0.717) is 4.75 Å². The van der Waals surface area contributed by atoms with Gasteiger partial charge in [-0.15, -0.1) is 5.10 Å². The van der Waals surface area contributed by atoms with Gasteiger partial charge in [0.1, 0.15) is 5.82 Å². The number of hydrogen-bond acceptors (Lipinski definition) is 4. The van der Waals surface area contributed by atoms with Crippen molar-refractivity contribution in [3.8, 4) is 0 Å². The first-order valence-electron chi connectivity index (χ1n) is 5.32. The highest BCUT2D eigenvalue weighted by molar-refractivity contribution is 8.00. The Bertz CT molecular complexity index is 331. The maximum Gasteiger partial charge on any atom is 0.148 e. The number of nitrogens with zero attached hydrogens (tertiary/aromatic N) is 2. The molecule has 0 amide bonds. The highest BCUT2D eigenvalue weighted by atomic mass is 32.2. The van der Waals surface area contributed by atoms with E-state index >= 15 is 0 Å². The van der Waals surface area contributed by atoms with Crippen molar-refractivity contribution in [3.05, 3.63) is 17.8 Å². The average Bonchev–Trinajstić information content (AvgIpc) is 2.17. The maximum absolute atomic E-state index is 4.06. The Morgan fingerprint density at radius 1 is 1.53 bits per heavy atom. The van der Waals surface area contributed by atoms with E-state index in [9.17, 15) is 0 Å². The van der Waals surface area contributed by atoms with Gasteiger partial charge in [-0.05, 0) is 37.7 Å². The van der Waals surface area contributed by atoms with Crippen LogP contribution in [0.1, 0.15) is 24.8 Å². The number of aromatic nitrogens is 2. The van der Waals surface area contributed by atoms with Gasteiger partial charge in [-0.3, -0.25) is 0 Å². The molecule has 1 aliphatic rings. The van der Waals surface area contributed by atoms with Gasteiger partial charge in [0.05, 0.1) is 6.20 Å². The zero-order chi connectivity index (χ0) is 10.7. The molecule has 15 heavy (non-hydrogen) atoms. The summed E-state index contributed by atoms with van der Waals surface area (Å²) < 4.78 is 0.450. The summed E-state index contributed by atoms with van der Waals surface area (Å²) in [6, 6.07) is 2.04. The van der Waals surface area contributed by atoms with Gasteiger partial charge in [0, 0.05) is 11.3 Å². The molecule has 1 aliphatic carbocycles. The van der Waals surface area contributed by atoms with Crippen LogP contribution in [0.15, 0.2) is 12.3 Å². The Morgan fingerprint density at radius 3 is 2.87 bits per heavy atom. The van der Waals surface area contributed by atoms with Crippen LogP contribution in [0.5, 0.6) is 0 Å². The second-order valence-electron chi connectivity index (χ2n) is 4.21. The molecule has 0 atom stereocenters. The predicted octanol–water partition coefficient (Wildman–Crippen LogP) is 2.48. The Kier molecular flexibility index (Phi) is 3.14. The van der Waals surface area contributed by atoms with E-state index < -0.39 is 0 Å². The first-order chi connectivity index (χ1) is 7.24. The number of anilines is 1. The van der Waals surface area contributed by atoms with Crippen LogP contribution < -0.4 is 5.32 Å². The molecule has 0 unspecified atom stereocenters. The van der Waals surface area contributed by atoms with Gasteiger partial charge in [0.2, 0.25) is 0 Å². The molecule has 82 valence electrons. The van der Waals surface area contributed by atoms with Gasteiger partial charge in [0.15, 0.2) is 0 Å². The minimum atomic E-state index is 0.450. The third kappa shape index (κ3) is 2.43. The van der Waals surface area contributed by atoms with Crippen molar-refractivity contribution in [2.24, 2.45) is 0 Å². The van der Waals surface area contributed by atoms with Crippen LogP contribution in [-0.4, -0.2) is 27.7 Å². The molecule has 1 aromatic rings. The number of thioether (sulfide) groups is 1. The van der Waals surface area contributed by atoms with E-state index in [0.717, 1.165) is 17.9 Å². The molecule has 1 heterocycles. The van der Waals surface area contributed by atoms with Crippen molar-refractivity contribution >= 4 is 17.6 Å².